The van der Waals surface area contributed by atoms with E-state index in [9.17, 15) is 0 Å². The van der Waals surface area contributed by atoms with E-state index in [4.69, 9.17) is 33.2 Å². The van der Waals surface area contributed by atoms with Crippen LogP contribution in [-0.2, 0) is 6.54 Å². The van der Waals surface area contributed by atoms with E-state index in [0.717, 1.165) is 79.1 Å². The highest BCUT2D eigenvalue weighted by molar-refractivity contribution is 6.35. The Labute approximate surface area is 187 Å². The van der Waals surface area contributed by atoms with Crippen LogP contribution >= 0.6 is 23.2 Å². The molecule has 2 aromatic carbocycles. The van der Waals surface area contributed by atoms with Crippen molar-refractivity contribution in [2.75, 3.05) is 49.1 Å². The molecule has 2 aliphatic heterocycles. The number of para-hydroxylation sites is 1. The highest BCUT2D eigenvalue weighted by atomic mass is 35.5. The molecule has 0 unspecified atom stereocenters. The zero-order chi connectivity index (χ0) is 20.5. The molecule has 3 aromatic rings. The highest BCUT2D eigenvalue weighted by Crippen LogP contribution is 2.29. The van der Waals surface area contributed by atoms with Crippen LogP contribution in [0.5, 0.6) is 0 Å². The van der Waals surface area contributed by atoms with Crippen LogP contribution in [0.2, 0.25) is 10.0 Å². The summed E-state index contributed by atoms with van der Waals surface area (Å²) in [5, 5.41) is 2.56. The summed E-state index contributed by atoms with van der Waals surface area (Å²) in [7, 11) is 0. The number of fused-ring (bicyclic) bond motifs is 1. The first-order valence-electron chi connectivity index (χ1n) is 10.6. The van der Waals surface area contributed by atoms with Gasteiger partial charge in [-0.25, -0.2) is 4.98 Å². The molecule has 30 heavy (non-hydrogen) atoms. The summed E-state index contributed by atoms with van der Waals surface area (Å²) >= 11 is 12.4. The SMILES string of the molecule is Clc1ccc(CN2CCN(c3nc(N4CCCC4)c4ccccc4n3)CC2)c(Cl)c1. The number of hydrogen-bond donors (Lipinski definition) is 0. The molecule has 156 valence electrons. The molecule has 0 spiro atoms. The van der Waals surface area contributed by atoms with Crippen LogP contribution in [0.3, 0.4) is 0 Å². The molecular weight excluding hydrogens is 417 g/mol. The van der Waals surface area contributed by atoms with Crippen LogP contribution < -0.4 is 9.80 Å². The van der Waals surface area contributed by atoms with Gasteiger partial charge in [-0.05, 0) is 42.7 Å². The first kappa shape index (κ1) is 19.9. The number of nitrogens with zero attached hydrogens (tertiary/aromatic N) is 5. The first-order chi connectivity index (χ1) is 14.7. The second kappa shape index (κ2) is 8.58. The number of anilines is 2. The average molecular weight is 442 g/mol. The van der Waals surface area contributed by atoms with E-state index >= 15 is 0 Å². The quantitative estimate of drug-likeness (QED) is 0.577. The van der Waals surface area contributed by atoms with Gasteiger partial charge in [0.05, 0.1) is 5.52 Å². The van der Waals surface area contributed by atoms with Crippen molar-refractivity contribution >= 4 is 45.9 Å². The summed E-state index contributed by atoms with van der Waals surface area (Å²) in [5.74, 6) is 1.93. The molecule has 0 saturated carbocycles. The molecule has 0 aliphatic carbocycles. The Balaban J connectivity index is 1.33. The zero-order valence-electron chi connectivity index (χ0n) is 16.9. The maximum absolute atomic E-state index is 6.36. The van der Waals surface area contributed by atoms with E-state index in [-0.39, 0.29) is 0 Å². The largest absolute Gasteiger partial charge is 0.356 e. The fraction of sp³-hybridized carbons (Fsp3) is 0.391. The molecule has 2 saturated heterocycles. The smallest absolute Gasteiger partial charge is 0.227 e. The number of halogens is 2. The number of benzene rings is 2. The molecule has 3 heterocycles. The highest BCUT2D eigenvalue weighted by Gasteiger charge is 2.23. The van der Waals surface area contributed by atoms with E-state index in [1.165, 1.54) is 12.8 Å². The number of rotatable bonds is 4. The molecule has 0 amide bonds. The molecule has 2 aliphatic rings. The Morgan fingerprint density at radius 3 is 2.33 bits per heavy atom. The van der Waals surface area contributed by atoms with Gasteiger partial charge < -0.3 is 9.80 Å². The maximum Gasteiger partial charge on any atom is 0.227 e. The van der Waals surface area contributed by atoms with Crippen LogP contribution in [-0.4, -0.2) is 54.1 Å². The monoisotopic (exact) mass is 441 g/mol. The number of piperazine rings is 1. The Morgan fingerprint density at radius 1 is 0.800 bits per heavy atom. The van der Waals surface area contributed by atoms with E-state index < -0.39 is 0 Å². The van der Waals surface area contributed by atoms with Gasteiger partial charge in [0.15, 0.2) is 0 Å². The Morgan fingerprint density at radius 2 is 1.57 bits per heavy atom. The maximum atomic E-state index is 6.36. The van der Waals surface area contributed by atoms with Crippen LogP contribution in [0.1, 0.15) is 18.4 Å². The van der Waals surface area contributed by atoms with Gasteiger partial charge in [-0.15, -0.1) is 0 Å². The van der Waals surface area contributed by atoms with Crippen molar-refractivity contribution in [3.05, 3.63) is 58.1 Å². The fourth-order valence-corrected chi connectivity index (χ4v) is 4.82. The fourth-order valence-electron chi connectivity index (χ4n) is 4.36. The third-order valence-corrected chi connectivity index (χ3v) is 6.63. The average Bonchev–Trinajstić information content (AvgIpc) is 3.30. The van der Waals surface area contributed by atoms with Crippen LogP contribution in [0.25, 0.3) is 10.9 Å². The van der Waals surface area contributed by atoms with Gasteiger partial charge in [0.25, 0.3) is 0 Å². The molecule has 5 rings (SSSR count). The van der Waals surface area contributed by atoms with Gasteiger partial charge in [0.1, 0.15) is 5.82 Å². The lowest BCUT2D eigenvalue weighted by molar-refractivity contribution is 0.249. The second-order valence-corrected chi connectivity index (χ2v) is 8.90. The molecule has 0 bridgehead atoms. The van der Waals surface area contributed by atoms with Crippen LogP contribution in [0.4, 0.5) is 11.8 Å². The van der Waals surface area contributed by atoms with Gasteiger partial charge in [0, 0.05) is 61.2 Å². The summed E-state index contributed by atoms with van der Waals surface area (Å²) in [6.07, 6.45) is 2.47. The molecule has 0 atom stereocenters. The van der Waals surface area contributed by atoms with E-state index in [1.807, 2.05) is 18.2 Å². The lowest BCUT2D eigenvalue weighted by Crippen LogP contribution is -2.46. The van der Waals surface area contributed by atoms with Gasteiger partial charge >= 0.3 is 0 Å². The number of aromatic nitrogens is 2. The molecule has 1 aromatic heterocycles. The van der Waals surface area contributed by atoms with Crippen molar-refractivity contribution < 1.29 is 0 Å². The van der Waals surface area contributed by atoms with Gasteiger partial charge in [0.2, 0.25) is 5.95 Å². The first-order valence-corrected chi connectivity index (χ1v) is 11.4. The van der Waals surface area contributed by atoms with E-state index in [0.29, 0.717) is 5.02 Å². The Bertz CT molecular complexity index is 1040. The van der Waals surface area contributed by atoms with Crippen molar-refractivity contribution in [3.63, 3.8) is 0 Å². The normalized spacial score (nSPS) is 17.8. The third kappa shape index (κ3) is 4.07. The third-order valence-electron chi connectivity index (χ3n) is 6.04. The van der Waals surface area contributed by atoms with Crippen LogP contribution in [0, 0.1) is 0 Å². The summed E-state index contributed by atoms with van der Waals surface area (Å²) in [5.41, 5.74) is 2.15. The minimum Gasteiger partial charge on any atom is -0.356 e. The van der Waals surface area contributed by atoms with Crippen molar-refractivity contribution in [2.45, 2.75) is 19.4 Å². The second-order valence-electron chi connectivity index (χ2n) is 8.06. The molecule has 0 radical (unpaired) electrons. The zero-order valence-corrected chi connectivity index (χ0v) is 18.4. The molecule has 0 N–H and O–H groups in total. The molecule has 2 fully saturated rings. The Kier molecular flexibility index (Phi) is 5.68. The summed E-state index contributed by atoms with van der Waals surface area (Å²) in [6, 6.07) is 14.1. The summed E-state index contributed by atoms with van der Waals surface area (Å²) in [4.78, 5) is 17.1. The van der Waals surface area contributed by atoms with E-state index in [1.54, 1.807) is 0 Å². The summed E-state index contributed by atoms with van der Waals surface area (Å²) in [6.45, 7) is 6.71. The van der Waals surface area contributed by atoms with Crippen molar-refractivity contribution in [1.82, 2.24) is 14.9 Å². The van der Waals surface area contributed by atoms with Gasteiger partial charge in [-0.1, -0.05) is 41.4 Å². The van der Waals surface area contributed by atoms with Crippen molar-refractivity contribution in [3.8, 4) is 0 Å². The van der Waals surface area contributed by atoms with Crippen molar-refractivity contribution in [2.24, 2.45) is 0 Å². The van der Waals surface area contributed by atoms with Gasteiger partial charge in [-0.3, -0.25) is 4.90 Å². The van der Waals surface area contributed by atoms with Crippen molar-refractivity contribution in [1.29, 1.82) is 0 Å². The Hall–Kier alpha value is -2.08. The van der Waals surface area contributed by atoms with Gasteiger partial charge in [-0.2, -0.15) is 4.98 Å². The molecule has 7 heteroatoms. The lowest BCUT2D eigenvalue weighted by atomic mass is 10.2. The molecule has 5 nitrogen and oxygen atoms in total. The predicted molar refractivity (Wildman–Crippen MR) is 125 cm³/mol. The predicted octanol–water partition coefficient (Wildman–Crippen LogP) is 4.86. The summed E-state index contributed by atoms with van der Waals surface area (Å²) < 4.78 is 0. The number of hydrogen-bond acceptors (Lipinski definition) is 5. The minimum absolute atomic E-state index is 0.677. The lowest BCUT2D eigenvalue weighted by Gasteiger charge is -2.35. The van der Waals surface area contributed by atoms with E-state index in [2.05, 4.69) is 39.0 Å². The van der Waals surface area contributed by atoms with Crippen LogP contribution in [0.15, 0.2) is 42.5 Å². The topological polar surface area (TPSA) is 35.5 Å². The minimum atomic E-state index is 0.677. The standard InChI is InChI=1S/C23H25Cl2N5/c24-18-8-7-17(20(25)15-18)16-28-11-13-30(14-12-28)23-26-21-6-2-1-5-19(21)22(27-23)29-9-3-4-10-29/h1-2,5-8,15H,3-4,9-14,16H2. The molecular formula is C23H25Cl2N5.